The van der Waals surface area contributed by atoms with Crippen LogP contribution in [0.15, 0.2) is 71.8 Å². The average molecular weight is 397 g/mol. The molecular formula is C22H18F3N3O. The summed E-state index contributed by atoms with van der Waals surface area (Å²) < 4.78 is 41.7. The lowest BCUT2D eigenvalue weighted by molar-refractivity contribution is -0.137. The quantitative estimate of drug-likeness (QED) is 0.497. The van der Waals surface area contributed by atoms with Crippen LogP contribution in [0.4, 0.5) is 13.2 Å². The molecule has 4 aromatic rings. The van der Waals surface area contributed by atoms with E-state index in [9.17, 15) is 18.0 Å². The summed E-state index contributed by atoms with van der Waals surface area (Å²) in [6.07, 6.45) is -0.314. The molecule has 0 atom stereocenters. The summed E-state index contributed by atoms with van der Waals surface area (Å²) >= 11 is 0. The van der Waals surface area contributed by atoms with Crippen molar-refractivity contribution in [1.29, 1.82) is 0 Å². The highest BCUT2D eigenvalue weighted by Crippen LogP contribution is 2.29. The van der Waals surface area contributed by atoms with Gasteiger partial charge in [0.05, 0.1) is 17.8 Å². The number of hydrogen-bond donors (Lipinski definition) is 0. The Kier molecular flexibility index (Phi) is 4.74. The number of aromatic nitrogens is 3. The van der Waals surface area contributed by atoms with Crippen LogP contribution in [0.1, 0.15) is 23.6 Å². The van der Waals surface area contributed by atoms with Crippen molar-refractivity contribution >= 4 is 5.52 Å². The molecule has 2 aromatic heterocycles. The number of benzene rings is 2. The van der Waals surface area contributed by atoms with Crippen molar-refractivity contribution in [2.45, 2.75) is 26.1 Å². The fraction of sp³-hybridized carbons (Fsp3) is 0.182. The Morgan fingerprint density at radius 1 is 0.966 bits per heavy atom. The molecule has 0 aliphatic carbocycles. The summed E-state index contributed by atoms with van der Waals surface area (Å²) in [4.78, 5) is 12.8. The Morgan fingerprint density at radius 3 is 2.41 bits per heavy atom. The maximum absolute atomic E-state index is 12.9. The lowest BCUT2D eigenvalue weighted by atomic mass is 10.1. The van der Waals surface area contributed by atoms with Gasteiger partial charge in [-0.3, -0.25) is 4.79 Å². The van der Waals surface area contributed by atoms with Crippen molar-refractivity contribution in [1.82, 2.24) is 14.2 Å². The van der Waals surface area contributed by atoms with E-state index in [0.29, 0.717) is 16.8 Å². The van der Waals surface area contributed by atoms with Gasteiger partial charge in [-0.05, 0) is 35.7 Å². The molecule has 0 N–H and O–H groups in total. The number of rotatable bonds is 4. The monoisotopic (exact) mass is 397 g/mol. The summed E-state index contributed by atoms with van der Waals surface area (Å²) in [6.45, 7) is 2.12. The molecule has 2 aromatic carbocycles. The number of hydrogen-bond acceptors (Lipinski definition) is 2. The average Bonchev–Trinajstić information content (AvgIpc) is 3.15. The lowest BCUT2D eigenvalue weighted by Crippen LogP contribution is -2.22. The van der Waals surface area contributed by atoms with Gasteiger partial charge in [0.2, 0.25) is 0 Å². The van der Waals surface area contributed by atoms with Crippen molar-refractivity contribution in [2.24, 2.45) is 0 Å². The molecule has 0 aliphatic rings. The second-order valence-electron chi connectivity index (χ2n) is 6.84. The molecular weight excluding hydrogens is 379 g/mol. The predicted molar refractivity (Wildman–Crippen MR) is 105 cm³/mol. The Bertz CT molecular complexity index is 1220. The molecule has 0 aliphatic heterocycles. The Labute approximate surface area is 164 Å². The van der Waals surface area contributed by atoms with E-state index in [1.54, 1.807) is 18.3 Å². The summed E-state index contributed by atoms with van der Waals surface area (Å²) in [6, 6.07) is 14.7. The molecule has 7 heteroatoms. The zero-order chi connectivity index (χ0) is 20.6. The Morgan fingerprint density at radius 2 is 1.72 bits per heavy atom. The van der Waals surface area contributed by atoms with Crippen molar-refractivity contribution in [3.63, 3.8) is 0 Å². The standard InChI is InChI=1S/C22H18F3N3O/c1-2-15-6-8-17(9-7-15)19-13-20-21(29)27(10-11-28(20)26-19)14-16-4-3-5-18(12-16)22(23,24)25/h3-13H,2,14H2,1H3. The molecule has 148 valence electrons. The SMILES string of the molecule is CCc1ccc(-c2cc3c(=O)n(Cc4cccc(C(F)(F)F)c4)ccn3n2)cc1. The largest absolute Gasteiger partial charge is 0.416 e. The van der Waals surface area contributed by atoms with Crippen LogP contribution in [0.5, 0.6) is 0 Å². The highest BCUT2D eigenvalue weighted by atomic mass is 19.4. The van der Waals surface area contributed by atoms with E-state index in [0.717, 1.165) is 24.1 Å². The summed E-state index contributed by atoms with van der Waals surface area (Å²) in [7, 11) is 0. The van der Waals surface area contributed by atoms with Gasteiger partial charge in [0.15, 0.2) is 0 Å². The molecule has 0 fully saturated rings. The molecule has 0 spiro atoms. The number of alkyl halides is 3. The second-order valence-corrected chi connectivity index (χ2v) is 6.84. The Balaban J connectivity index is 1.68. The third-order valence-corrected chi connectivity index (χ3v) is 4.87. The van der Waals surface area contributed by atoms with Gasteiger partial charge in [0.25, 0.3) is 5.56 Å². The van der Waals surface area contributed by atoms with E-state index in [-0.39, 0.29) is 12.1 Å². The number of halogens is 3. The van der Waals surface area contributed by atoms with Gasteiger partial charge in [-0.1, -0.05) is 43.3 Å². The van der Waals surface area contributed by atoms with Crippen molar-refractivity contribution in [3.05, 3.63) is 94.0 Å². The Hall–Kier alpha value is -3.35. The topological polar surface area (TPSA) is 39.3 Å². The summed E-state index contributed by atoms with van der Waals surface area (Å²) in [5, 5.41) is 4.45. The molecule has 4 nitrogen and oxygen atoms in total. The zero-order valence-corrected chi connectivity index (χ0v) is 15.6. The first-order chi connectivity index (χ1) is 13.8. The van der Waals surface area contributed by atoms with Gasteiger partial charge < -0.3 is 4.57 Å². The van der Waals surface area contributed by atoms with Crippen LogP contribution in [0.2, 0.25) is 0 Å². The van der Waals surface area contributed by atoms with Crippen molar-refractivity contribution in [2.75, 3.05) is 0 Å². The fourth-order valence-corrected chi connectivity index (χ4v) is 3.25. The van der Waals surface area contributed by atoms with E-state index in [4.69, 9.17) is 0 Å². The molecule has 0 saturated heterocycles. The minimum Gasteiger partial charge on any atom is -0.308 e. The van der Waals surface area contributed by atoms with Crippen LogP contribution < -0.4 is 5.56 Å². The van der Waals surface area contributed by atoms with Crippen molar-refractivity contribution < 1.29 is 13.2 Å². The normalized spacial score (nSPS) is 11.9. The van der Waals surface area contributed by atoms with Gasteiger partial charge in [-0.15, -0.1) is 0 Å². The minimum absolute atomic E-state index is 0.0466. The molecule has 4 rings (SSSR count). The first-order valence-electron chi connectivity index (χ1n) is 9.19. The van der Waals surface area contributed by atoms with Gasteiger partial charge in [-0.25, -0.2) is 4.52 Å². The molecule has 0 bridgehead atoms. The smallest absolute Gasteiger partial charge is 0.308 e. The van der Waals surface area contributed by atoms with Crippen LogP contribution in [-0.4, -0.2) is 14.2 Å². The summed E-state index contributed by atoms with van der Waals surface area (Å²) in [5.41, 5.74) is 2.51. The van der Waals surface area contributed by atoms with Gasteiger partial charge in [0.1, 0.15) is 5.52 Å². The van der Waals surface area contributed by atoms with Crippen molar-refractivity contribution in [3.8, 4) is 11.3 Å². The molecule has 29 heavy (non-hydrogen) atoms. The third kappa shape index (κ3) is 3.81. The van der Waals surface area contributed by atoms with E-state index < -0.39 is 11.7 Å². The first kappa shape index (κ1) is 19.0. The number of aryl methyl sites for hydroxylation is 1. The van der Waals surface area contributed by atoms with Crippen LogP contribution in [0.25, 0.3) is 16.8 Å². The first-order valence-corrected chi connectivity index (χ1v) is 9.19. The van der Waals surface area contributed by atoms with E-state index in [2.05, 4.69) is 12.0 Å². The second kappa shape index (κ2) is 7.24. The van der Waals surface area contributed by atoms with E-state index in [1.807, 2.05) is 24.3 Å². The maximum Gasteiger partial charge on any atom is 0.416 e. The van der Waals surface area contributed by atoms with E-state index >= 15 is 0 Å². The van der Waals surface area contributed by atoms with Gasteiger partial charge in [-0.2, -0.15) is 18.3 Å². The van der Waals surface area contributed by atoms with Crippen LogP contribution in [-0.2, 0) is 19.1 Å². The molecule has 0 unspecified atom stereocenters. The lowest BCUT2D eigenvalue weighted by Gasteiger charge is -2.10. The molecule has 0 saturated carbocycles. The van der Waals surface area contributed by atoms with E-state index in [1.165, 1.54) is 26.9 Å². The van der Waals surface area contributed by atoms with Crippen LogP contribution in [0, 0.1) is 0 Å². The molecule has 0 amide bonds. The highest BCUT2D eigenvalue weighted by Gasteiger charge is 2.30. The summed E-state index contributed by atoms with van der Waals surface area (Å²) in [5.74, 6) is 0. The maximum atomic E-state index is 12.9. The molecule has 2 heterocycles. The van der Waals surface area contributed by atoms with Crippen LogP contribution >= 0.6 is 0 Å². The van der Waals surface area contributed by atoms with Gasteiger partial charge in [0, 0.05) is 18.0 Å². The predicted octanol–water partition coefficient (Wildman–Crippen LogP) is 4.79. The number of nitrogens with zero attached hydrogens (tertiary/aromatic N) is 3. The minimum atomic E-state index is -4.42. The number of fused-ring (bicyclic) bond motifs is 1. The van der Waals surface area contributed by atoms with Crippen LogP contribution in [0.3, 0.4) is 0 Å². The highest BCUT2D eigenvalue weighted by molar-refractivity contribution is 5.65. The van der Waals surface area contributed by atoms with Gasteiger partial charge >= 0.3 is 6.18 Å². The third-order valence-electron chi connectivity index (χ3n) is 4.87. The molecule has 0 radical (unpaired) electrons. The zero-order valence-electron chi connectivity index (χ0n) is 15.6. The fourth-order valence-electron chi connectivity index (χ4n) is 3.25.